The number of hydrogen-bond acceptors (Lipinski definition) is 3. The van der Waals surface area contributed by atoms with Gasteiger partial charge in [0, 0.05) is 13.0 Å². The molecule has 0 bridgehead atoms. The van der Waals surface area contributed by atoms with Crippen molar-refractivity contribution in [1.82, 2.24) is 5.32 Å². The van der Waals surface area contributed by atoms with Gasteiger partial charge in [-0.2, -0.15) is 0 Å². The van der Waals surface area contributed by atoms with Gasteiger partial charge in [0.15, 0.2) is 0 Å². The first kappa shape index (κ1) is 6.99. The number of hydrogen-bond donors (Lipinski definition) is 2. The van der Waals surface area contributed by atoms with E-state index in [-0.39, 0.29) is 12.2 Å². The predicted molar refractivity (Wildman–Crippen MR) is 34.3 cm³/mol. The molecule has 54 valence electrons. The standard InChI is InChI=1S/C6H13NO2/c1-7-3-6-2-5(8)4-9-6/h5-8H,2-4H2,1H3. The third kappa shape index (κ3) is 1.93. The Morgan fingerprint density at radius 3 is 3.00 bits per heavy atom. The van der Waals surface area contributed by atoms with Crippen LogP contribution in [0.2, 0.25) is 0 Å². The van der Waals surface area contributed by atoms with Crippen LogP contribution < -0.4 is 5.32 Å². The Morgan fingerprint density at radius 1 is 1.78 bits per heavy atom. The molecule has 3 heteroatoms. The van der Waals surface area contributed by atoms with Crippen LogP contribution in [0.5, 0.6) is 0 Å². The average molecular weight is 131 g/mol. The summed E-state index contributed by atoms with van der Waals surface area (Å²) in [5, 5.41) is 12.0. The quantitative estimate of drug-likeness (QED) is 0.523. The summed E-state index contributed by atoms with van der Waals surface area (Å²) in [6, 6.07) is 0. The van der Waals surface area contributed by atoms with Gasteiger partial charge in [-0.15, -0.1) is 0 Å². The zero-order valence-corrected chi connectivity index (χ0v) is 5.63. The maximum atomic E-state index is 8.97. The molecule has 1 aliphatic rings. The minimum absolute atomic E-state index is 0.227. The minimum atomic E-state index is -0.233. The molecule has 0 aromatic rings. The number of aliphatic hydroxyl groups is 1. The number of rotatable bonds is 2. The molecule has 0 radical (unpaired) electrons. The lowest BCUT2D eigenvalue weighted by atomic mass is 10.2. The molecule has 0 aromatic carbocycles. The SMILES string of the molecule is CNCC1CC(O)CO1. The highest BCUT2D eigenvalue weighted by molar-refractivity contribution is 4.73. The highest BCUT2D eigenvalue weighted by Gasteiger charge is 2.22. The molecule has 1 fully saturated rings. The summed E-state index contributed by atoms with van der Waals surface area (Å²) < 4.78 is 5.19. The fourth-order valence-electron chi connectivity index (χ4n) is 1.06. The van der Waals surface area contributed by atoms with Crippen molar-refractivity contribution in [3.63, 3.8) is 0 Å². The Labute approximate surface area is 55.0 Å². The minimum Gasteiger partial charge on any atom is -0.391 e. The Kier molecular flexibility index (Phi) is 2.45. The third-order valence-corrected chi connectivity index (χ3v) is 1.49. The van der Waals surface area contributed by atoms with Crippen molar-refractivity contribution in [2.45, 2.75) is 18.6 Å². The van der Waals surface area contributed by atoms with Gasteiger partial charge in [-0.3, -0.25) is 0 Å². The lowest BCUT2D eigenvalue weighted by Gasteiger charge is -2.05. The van der Waals surface area contributed by atoms with Gasteiger partial charge >= 0.3 is 0 Å². The maximum Gasteiger partial charge on any atom is 0.0799 e. The van der Waals surface area contributed by atoms with Crippen molar-refractivity contribution < 1.29 is 9.84 Å². The van der Waals surface area contributed by atoms with E-state index >= 15 is 0 Å². The van der Waals surface area contributed by atoms with Crippen molar-refractivity contribution in [1.29, 1.82) is 0 Å². The predicted octanol–water partition coefficient (Wildman–Crippen LogP) is -0.644. The van der Waals surface area contributed by atoms with Gasteiger partial charge in [0.05, 0.1) is 18.8 Å². The van der Waals surface area contributed by atoms with E-state index < -0.39 is 0 Å². The normalized spacial score (nSPS) is 35.3. The van der Waals surface area contributed by atoms with Crippen LogP contribution in [0.1, 0.15) is 6.42 Å². The second kappa shape index (κ2) is 3.15. The van der Waals surface area contributed by atoms with Crippen LogP contribution in [0, 0.1) is 0 Å². The molecule has 0 saturated carbocycles. The summed E-state index contributed by atoms with van der Waals surface area (Å²) in [6.45, 7) is 1.35. The molecule has 3 nitrogen and oxygen atoms in total. The highest BCUT2D eigenvalue weighted by atomic mass is 16.5. The fraction of sp³-hybridized carbons (Fsp3) is 1.00. The maximum absolute atomic E-state index is 8.97. The Morgan fingerprint density at radius 2 is 2.56 bits per heavy atom. The summed E-state index contributed by atoms with van der Waals surface area (Å²) in [5.74, 6) is 0. The van der Waals surface area contributed by atoms with E-state index in [0.717, 1.165) is 13.0 Å². The van der Waals surface area contributed by atoms with E-state index in [0.29, 0.717) is 6.61 Å². The molecule has 2 N–H and O–H groups in total. The molecule has 1 aliphatic heterocycles. The van der Waals surface area contributed by atoms with E-state index in [1.54, 1.807) is 0 Å². The zero-order chi connectivity index (χ0) is 6.69. The molecule has 1 heterocycles. The van der Waals surface area contributed by atoms with Gasteiger partial charge in [-0.1, -0.05) is 0 Å². The van der Waals surface area contributed by atoms with Crippen LogP contribution in [0.15, 0.2) is 0 Å². The topological polar surface area (TPSA) is 41.5 Å². The number of ether oxygens (including phenoxy) is 1. The first-order chi connectivity index (χ1) is 4.33. The molecule has 1 saturated heterocycles. The van der Waals surface area contributed by atoms with Gasteiger partial charge < -0.3 is 15.2 Å². The van der Waals surface area contributed by atoms with Crippen LogP contribution in [-0.2, 0) is 4.74 Å². The monoisotopic (exact) mass is 131 g/mol. The van der Waals surface area contributed by atoms with Crippen LogP contribution in [-0.4, -0.2) is 37.5 Å². The summed E-state index contributed by atoms with van der Waals surface area (Å²) in [6.07, 6.45) is 0.772. The van der Waals surface area contributed by atoms with E-state index in [2.05, 4.69) is 5.32 Å². The smallest absolute Gasteiger partial charge is 0.0799 e. The van der Waals surface area contributed by atoms with Gasteiger partial charge in [-0.05, 0) is 7.05 Å². The molecular formula is C6H13NO2. The van der Waals surface area contributed by atoms with Crippen LogP contribution in [0.25, 0.3) is 0 Å². The fourth-order valence-corrected chi connectivity index (χ4v) is 1.06. The average Bonchev–Trinajstić information content (AvgIpc) is 2.17. The molecule has 9 heavy (non-hydrogen) atoms. The van der Waals surface area contributed by atoms with E-state index in [1.807, 2.05) is 7.05 Å². The van der Waals surface area contributed by atoms with Crippen molar-refractivity contribution in [3.05, 3.63) is 0 Å². The van der Waals surface area contributed by atoms with Gasteiger partial charge in [-0.25, -0.2) is 0 Å². The summed E-state index contributed by atoms with van der Waals surface area (Å²) in [4.78, 5) is 0. The van der Waals surface area contributed by atoms with Gasteiger partial charge in [0.1, 0.15) is 0 Å². The zero-order valence-electron chi connectivity index (χ0n) is 5.63. The van der Waals surface area contributed by atoms with Crippen molar-refractivity contribution in [2.75, 3.05) is 20.2 Å². The molecule has 2 atom stereocenters. The van der Waals surface area contributed by atoms with E-state index in [1.165, 1.54) is 0 Å². The van der Waals surface area contributed by atoms with E-state index in [4.69, 9.17) is 9.84 Å². The molecule has 1 rings (SSSR count). The third-order valence-electron chi connectivity index (χ3n) is 1.49. The lowest BCUT2D eigenvalue weighted by Crippen LogP contribution is -2.22. The number of aliphatic hydroxyl groups excluding tert-OH is 1. The van der Waals surface area contributed by atoms with Crippen LogP contribution in [0.4, 0.5) is 0 Å². The molecule has 0 spiro atoms. The molecular weight excluding hydrogens is 118 g/mol. The first-order valence-electron chi connectivity index (χ1n) is 3.27. The summed E-state index contributed by atoms with van der Waals surface area (Å²) in [5.41, 5.74) is 0. The van der Waals surface area contributed by atoms with Crippen LogP contribution in [0.3, 0.4) is 0 Å². The van der Waals surface area contributed by atoms with E-state index in [9.17, 15) is 0 Å². The second-order valence-corrected chi connectivity index (χ2v) is 2.40. The highest BCUT2D eigenvalue weighted by Crippen LogP contribution is 2.11. The molecule has 0 amide bonds. The molecule has 2 unspecified atom stereocenters. The Balaban J connectivity index is 2.14. The van der Waals surface area contributed by atoms with Gasteiger partial charge in [0.2, 0.25) is 0 Å². The Bertz CT molecular complexity index is 85.1. The number of likely N-dealkylation sites (N-methyl/N-ethyl adjacent to an activating group) is 1. The molecule has 0 aliphatic carbocycles. The first-order valence-corrected chi connectivity index (χ1v) is 3.27. The largest absolute Gasteiger partial charge is 0.391 e. The van der Waals surface area contributed by atoms with Crippen molar-refractivity contribution in [2.24, 2.45) is 0 Å². The number of nitrogens with one attached hydrogen (secondary N) is 1. The lowest BCUT2D eigenvalue weighted by molar-refractivity contribution is 0.0893. The van der Waals surface area contributed by atoms with Crippen LogP contribution >= 0.6 is 0 Å². The Hall–Kier alpha value is -0.120. The van der Waals surface area contributed by atoms with Gasteiger partial charge in [0.25, 0.3) is 0 Å². The van der Waals surface area contributed by atoms with Crippen molar-refractivity contribution in [3.8, 4) is 0 Å². The second-order valence-electron chi connectivity index (χ2n) is 2.40. The molecule has 0 aromatic heterocycles. The summed E-state index contributed by atoms with van der Waals surface area (Å²) >= 11 is 0. The van der Waals surface area contributed by atoms with Crippen molar-refractivity contribution >= 4 is 0 Å². The summed E-state index contributed by atoms with van der Waals surface area (Å²) in [7, 11) is 1.88.